The van der Waals surface area contributed by atoms with Crippen LogP contribution >= 0.6 is 11.6 Å². The number of aliphatic hydroxyl groups is 1. The first-order valence-corrected chi connectivity index (χ1v) is 5.00. The van der Waals surface area contributed by atoms with Gasteiger partial charge >= 0.3 is 0 Å². The number of pyridine rings is 1. The highest BCUT2D eigenvalue weighted by Crippen LogP contribution is 2.25. The van der Waals surface area contributed by atoms with Gasteiger partial charge in [-0.3, -0.25) is 4.98 Å². The minimum absolute atomic E-state index is 0.0399. The van der Waals surface area contributed by atoms with Crippen LogP contribution in [0.2, 0.25) is 5.02 Å². The van der Waals surface area contributed by atoms with E-state index < -0.39 is 0 Å². The highest BCUT2D eigenvalue weighted by Gasteiger charge is 2.05. The third-order valence-electron chi connectivity index (χ3n) is 2.13. The molecule has 0 amide bonds. The molecule has 0 atom stereocenters. The van der Waals surface area contributed by atoms with Crippen LogP contribution in [0.1, 0.15) is 5.56 Å². The Hall–Kier alpha value is -1.38. The molecule has 76 valence electrons. The van der Waals surface area contributed by atoms with E-state index in [1.165, 1.54) is 0 Å². The summed E-state index contributed by atoms with van der Waals surface area (Å²) in [6.45, 7) is -0.0399. The zero-order chi connectivity index (χ0) is 10.7. The molecule has 0 saturated heterocycles. The molecular formula is C12H10ClNO. The van der Waals surface area contributed by atoms with Crippen LogP contribution in [0.4, 0.5) is 0 Å². The maximum atomic E-state index is 8.92. The fourth-order valence-corrected chi connectivity index (χ4v) is 1.67. The van der Waals surface area contributed by atoms with Crippen LogP contribution in [0.3, 0.4) is 0 Å². The zero-order valence-corrected chi connectivity index (χ0v) is 8.78. The molecular weight excluding hydrogens is 210 g/mol. The maximum absolute atomic E-state index is 8.92. The van der Waals surface area contributed by atoms with Gasteiger partial charge in [-0.2, -0.15) is 0 Å². The minimum Gasteiger partial charge on any atom is -0.392 e. The second-order valence-electron chi connectivity index (χ2n) is 3.20. The molecule has 0 saturated carbocycles. The first kappa shape index (κ1) is 10.1. The summed E-state index contributed by atoms with van der Waals surface area (Å²) >= 11 is 6.07. The molecule has 0 aliphatic rings. The van der Waals surface area contributed by atoms with Crippen LogP contribution in [0.15, 0.2) is 42.6 Å². The number of nitrogens with zero attached hydrogens (tertiary/aromatic N) is 1. The Bertz CT molecular complexity index is 456. The van der Waals surface area contributed by atoms with E-state index in [1.54, 1.807) is 12.3 Å². The third-order valence-corrected chi connectivity index (χ3v) is 2.42. The lowest BCUT2D eigenvalue weighted by Crippen LogP contribution is -1.89. The quantitative estimate of drug-likeness (QED) is 0.843. The number of rotatable bonds is 2. The molecule has 0 unspecified atom stereocenters. The standard InChI is InChI=1S/C12H10ClNO/c13-11-6-9(8-15)7-14-12(11)10-4-2-1-3-5-10/h1-7,15H,8H2. The Morgan fingerprint density at radius 2 is 1.93 bits per heavy atom. The first-order chi connectivity index (χ1) is 7.31. The minimum atomic E-state index is -0.0399. The van der Waals surface area contributed by atoms with E-state index in [1.807, 2.05) is 30.3 Å². The number of aromatic nitrogens is 1. The molecule has 1 aromatic carbocycles. The maximum Gasteiger partial charge on any atom is 0.0888 e. The van der Waals surface area contributed by atoms with Crippen molar-refractivity contribution in [2.45, 2.75) is 6.61 Å². The number of benzene rings is 1. The number of aliphatic hydroxyl groups excluding tert-OH is 1. The summed E-state index contributed by atoms with van der Waals surface area (Å²) in [7, 11) is 0. The lowest BCUT2D eigenvalue weighted by Gasteiger charge is -2.04. The molecule has 3 heteroatoms. The van der Waals surface area contributed by atoms with E-state index in [2.05, 4.69) is 4.98 Å². The predicted octanol–water partition coefficient (Wildman–Crippen LogP) is 2.89. The fourth-order valence-electron chi connectivity index (χ4n) is 1.37. The van der Waals surface area contributed by atoms with Crippen molar-refractivity contribution < 1.29 is 5.11 Å². The van der Waals surface area contributed by atoms with Gasteiger partial charge in [0.1, 0.15) is 0 Å². The van der Waals surface area contributed by atoms with Crippen molar-refractivity contribution in [3.05, 3.63) is 53.2 Å². The van der Waals surface area contributed by atoms with Gasteiger partial charge < -0.3 is 5.11 Å². The fraction of sp³-hybridized carbons (Fsp3) is 0.0833. The molecule has 1 aromatic heterocycles. The third kappa shape index (κ3) is 2.17. The topological polar surface area (TPSA) is 33.1 Å². The van der Waals surface area contributed by atoms with Crippen LogP contribution in [0.25, 0.3) is 11.3 Å². The largest absolute Gasteiger partial charge is 0.392 e. The molecule has 0 aliphatic carbocycles. The average Bonchev–Trinajstić information content (AvgIpc) is 2.30. The second kappa shape index (κ2) is 4.43. The van der Waals surface area contributed by atoms with Gasteiger partial charge in [-0.25, -0.2) is 0 Å². The Morgan fingerprint density at radius 1 is 1.20 bits per heavy atom. The predicted molar refractivity (Wildman–Crippen MR) is 60.6 cm³/mol. The van der Waals surface area contributed by atoms with E-state index in [9.17, 15) is 0 Å². The van der Waals surface area contributed by atoms with Crippen molar-refractivity contribution in [3.63, 3.8) is 0 Å². The van der Waals surface area contributed by atoms with E-state index >= 15 is 0 Å². The Balaban J connectivity index is 2.46. The summed E-state index contributed by atoms with van der Waals surface area (Å²) in [5, 5.41) is 9.49. The van der Waals surface area contributed by atoms with Gasteiger partial charge in [-0.15, -0.1) is 0 Å². The SMILES string of the molecule is OCc1cnc(-c2ccccc2)c(Cl)c1. The van der Waals surface area contributed by atoms with Crippen molar-refractivity contribution in [1.82, 2.24) is 4.98 Å². The van der Waals surface area contributed by atoms with Crippen molar-refractivity contribution in [2.24, 2.45) is 0 Å². The molecule has 0 fully saturated rings. The van der Waals surface area contributed by atoms with Gasteiger partial charge in [-0.1, -0.05) is 41.9 Å². The van der Waals surface area contributed by atoms with Crippen molar-refractivity contribution in [2.75, 3.05) is 0 Å². The zero-order valence-electron chi connectivity index (χ0n) is 8.02. The number of hydrogen-bond acceptors (Lipinski definition) is 2. The molecule has 1 heterocycles. The summed E-state index contributed by atoms with van der Waals surface area (Å²) in [5.41, 5.74) is 2.45. The lowest BCUT2D eigenvalue weighted by atomic mass is 10.1. The van der Waals surface area contributed by atoms with Gasteiger partial charge in [0.05, 0.1) is 17.3 Å². The molecule has 2 nitrogen and oxygen atoms in total. The van der Waals surface area contributed by atoms with Gasteiger partial charge in [-0.05, 0) is 11.6 Å². The van der Waals surface area contributed by atoms with Crippen molar-refractivity contribution in [3.8, 4) is 11.3 Å². The van der Waals surface area contributed by atoms with Crippen LogP contribution in [-0.2, 0) is 6.61 Å². The number of halogens is 1. The molecule has 1 N–H and O–H groups in total. The summed E-state index contributed by atoms with van der Waals surface area (Å²) in [4.78, 5) is 4.23. The number of hydrogen-bond donors (Lipinski definition) is 1. The Kier molecular flexibility index (Phi) is 2.99. The van der Waals surface area contributed by atoms with Crippen LogP contribution < -0.4 is 0 Å². The smallest absolute Gasteiger partial charge is 0.0888 e. The average molecular weight is 220 g/mol. The van der Waals surface area contributed by atoms with E-state index in [0.29, 0.717) is 5.02 Å². The molecule has 0 bridgehead atoms. The van der Waals surface area contributed by atoms with E-state index in [4.69, 9.17) is 16.7 Å². The Labute approximate surface area is 93.2 Å². The summed E-state index contributed by atoms with van der Waals surface area (Å²) < 4.78 is 0. The van der Waals surface area contributed by atoms with Crippen LogP contribution in [0, 0.1) is 0 Å². The highest BCUT2D eigenvalue weighted by molar-refractivity contribution is 6.33. The van der Waals surface area contributed by atoms with Crippen LogP contribution in [0.5, 0.6) is 0 Å². The van der Waals surface area contributed by atoms with Gasteiger partial charge in [0.2, 0.25) is 0 Å². The molecule has 0 radical (unpaired) electrons. The highest BCUT2D eigenvalue weighted by atomic mass is 35.5. The van der Waals surface area contributed by atoms with Gasteiger partial charge in [0, 0.05) is 11.8 Å². The van der Waals surface area contributed by atoms with Crippen LogP contribution in [-0.4, -0.2) is 10.1 Å². The van der Waals surface area contributed by atoms with Gasteiger partial charge in [0.25, 0.3) is 0 Å². The first-order valence-electron chi connectivity index (χ1n) is 4.62. The molecule has 2 rings (SSSR count). The van der Waals surface area contributed by atoms with E-state index in [0.717, 1.165) is 16.8 Å². The van der Waals surface area contributed by atoms with Crippen molar-refractivity contribution in [1.29, 1.82) is 0 Å². The summed E-state index contributed by atoms with van der Waals surface area (Å²) in [6, 6.07) is 11.5. The van der Waals surface area contributed by atoms with Gasteiger partial charge in [0.15, 0.2) is 0 Å². The molecule has 0 aliphatic heterocycles. The summed E-state index contributed by atoms with van der Waals surface area (Å²) in [6.07, 6.45) is 1.63. The second-order valence-corrected chi connectivity index (χ2v) is 3.61. The monoisotopic (exact) mass is 219 g/mol. The van der Waals surface area contributed by atoms with E-state index in [-0.39, 0.29) is 6.61 Å². The molecule has 2 aromatic rings. The van der Waals surface area contributed by atoms with Crippen molar-refractivity contribution >= 4 is 11.6 Å². The lowest BCUT2D eigenvalue weighted by molar-refractivity contribution is 0.281. The normalized spacial score (nSPS) is 10.3. The molecule has 0 spiro atoms. The molecule has 15 heavy (non-hydrogen) atoms. The Morgan fingerprint density at radius 3 is 2.53 bits per heavy atom. The summed E-state index contributed by atoms with van der Waals surface area (Å²) in [5.74, 6) is 0.